The molecule has 0 spiro atoms. The molecule has 0 radical (unpaired) electrons. The zero-order chi connectivity index (χ0) is 17.4. The van der Waals surface area contributed by atoms with Gasteiger partial charge < -0.3 is 15.5 Å². The molecule has 0 aromatic carbocycles. The van der Waals surface area contributed by atoms with Crippen LogP contribution in [0.15, 0.2) is 22.8 Å². The second-order valence-electron chi connectivity index (χ2n) is 5.97. The Morgan fingerprint density at radius 3 is 2.88 bits per heavy atom. The number of fused-ring (bicyclic) bond motifs is 1. The molecule has 2 rings (SSSR count). The van der Waals surface area contributed by atoms with Crippen molar-refractivity contribution < 1.29 is 0 Å². The van der Waals surface area contributed by atoms with E-state index >= 15 is 0 Å². The molecule has 0 saturated heterocycles. The maximum atomic E-state index is 4.58. The van der Waals surface area contributed by atoms with Gasteiger partial charge in [0.05, 0.1) is 12.2 Å². The maximum absolute atomic E-state index is 4.58. The van der Waals surface area contributed by atoms with Gasteiger partial charge in [-0.15, -0.1) is 11.3 Å². The van der Waals surface area contributed by atoms with Gasteiger partial charge in [0.25, 0.3) is 0 Å². The van der Waals surface area contributed by atoms with E-state index in [0.29, 0.717) is 12.6 Å². The van der Waals surface area contributed by atoms with E-state index in [1.54, 1.807) is 11.3 Å². The predicted octanol–water partition coefficient (Wildman–Crippen LogP) is 2.57. The first-order chi connectivity index (χ1) is 11.7. The van der Waals surface area contributed by atoms with Gasteiger partial charge in [-0.25, -0.2) is 4.98 Å². The van der Waals surface area contributed by atoms with Crippen LogP contribution in [0.3, 0.4) is 0 Å². The van der Waals surface area contributed by atoms with Crippen molar-refractivity contribution in [3.05, 3.63) is 23.5 Å². The molecule has 0 aliphatic rings. The molecule has 24 heavy (non-hydrogen) atoms. The molecular formula is C17H30N6S. The number of hydrogen-bond donors (Lipinski definition) is 2. The topological polar surface area (TPSA) is 57.0 Å². The van der Waals surface area contributed by atoms with Crippen LogP contribution < -0.4 is 10.6 Å². The van der Waals surface area contributed by atoms with Crippen molar-refractivity contribution in [2.45, 2.75) is 46.2 Å². The second kappa shape index (κ2) is 9.64. The van der Waals surface area contributed by atoms with Crippen LogP contribution in [0.25, 0.3) is 4.96 Å². The van der Waals surface area contributed by atoms with Crippen molar-refractivity contribution >= 4 is 22.3 Å². The van der Waals surface area contributed by atoms with Crippen LogP contribution in [-0.4, -0.2) is 53.0 Å². The number of rotatable bonds is 9. The Labute approximate surface area is 149 Å². The third-order valence-electron chi connectivity index (χ3n) is 4.19. The Balaban J connectivity index is 1.72. The predicted molar refractivity (Wildman–Crippen MR) is 103 cm³/mol. The largest absolute Gasteiger partial charge is 0.354 e. The average molecular weight is 351 g/mol. The fourth-order valence-corrected chi connectivity index (χ4v) is 3.42. The van der Waals surface area contributed by atoms with Crippen molar-refractivity contribution in [1.82, 2.24) is 24.9 Å². The molecule has 1 atom stereocenters. The summed E-state index contributed by atoms with van der Waals surface area (Å²) in [5.41, 5.74) is 1.03. The van der Waals surface area contributed by atoms with Gasteiger partial charge in [0, 0.05) is 30.9 Å². The third kappa shape index (κ3) is 5.49. The summed E-state index contributed by atoms with van der Waals surface area (Å²) in [6, 6.07) is 0.400. The van der Waals surface area contributed by atoms with Crippen molar-refractivity contribution in [2.75, 3.05) is 26.7 Å². The zero-order valence-electron chi connectivity index (χ0n) is 15.2. The molecule has 6 nitrogen and oxygen atoms in total. The van der Waals surface area contributed by atoms with Gasteiger partial charge in [0.1, 0.15) is 0 Å². The highest BCUT2D eigenvalue weighted by atomic mass is 32.1. The van der Waals surface area contributed by atoms with E-state index in [4.69, 9.17) is 0 Å². The lowest BCUT2D eigenvalue weighted by atomic mass is 10.2. The Bertz CT molecular complexity index is 599. The summed E-state index contributed by atoms with van der Waals surface area (Å²) in [5.74, 6) is 0.835. The van der Waals surface area contributed by atoms with E-state index in [-0.39, 0.29) is 0 Å². The number of aromatic nitrogens is 2. The number of thiazole rings is 1. The summed E-state index contributed by atoms with van der Waals surface area (Å²) >= 11 is 1.65. The number of hydrogen-bond acceptors (Lipinski definition) is 4. The minimum atomic E-state index is 0.400. The smallest absolute Gasteiger partial charge is 0.193 e. The molecule has 2 N–H and O–H groups in total. The molecule has 2 aromatic heterocycles. The van der Waals surface area contributed by atoms with E-state index in [2.05, 4.69) is 52.5 Å². The molecule has 7 heteroatoms. The standard InChI is InChI=1S/C17H30N6S/c1-5-22(6-2)9-7-8-14(3)20-16(18-4)19-12-15-13-23-10-11-24-17(23)21-15/h10-11,13-14H,5-9,12H2,1-4H3,(H2,18,19,20). The van der Waals surface area contributed by atoms with Crippen LogP contribution in [0.4, 0.5) is 0 Å². The van der Waals surface area contributed by atoms with E-state index < -0.39 is 0 Å². The number of imidazole rings is 1. The second-order valence-corrected chi connectivity index (χ2v) is 6.84. The lowest BCUT2D eigenvalue weighted by molar-refractivity contribution is 0.292. The Morgan fingerprint density at radius 2 is 2.21 bits per heavy atom. The molecule has 0 aliphatic carbocycles. The number of guanidine groups is 1. The van der Waals surface area contributed by atoms with Gasteiger partial charge >= 0.3 is 0 Å². The van der Waals surface area contributed by atoms with Crippen LogP contribution in [0.2, 0.25) is 0 Å². The Morgan fingerprint density at radius 1 is 1.42 bits per heavy atom. The molecule has 0 fully saturated rings. The highest BCUT2D eigenvalue weighted by Gasteiger charge is 2.08. The minimum absolute atomic E-state index is 0.400. The van der Waals surface area contributed by atoms with Crippen LogP contribution in [0.5, 0.6) is 0 Å². The molecule has 0 bridgehead atoms. The molecule has 2 heterocycles. The molecular weight excluding hydrogens is 320 g/mol. The summed E-state index contributed by atoms with van der Waals surface area (Å²) in [4.78, 5) is 12.4. The fourth-order valence-electron chi connectivity index (χ4n) is 2.70. The van der Waals surface area contributed by atoms with Gasteiger partial charge in [-0.3, -0.25) is 9.39 Å². The van der Waals surface area contributed by atoms with Crippen LogP contribution in [-0.2, 0) is 6.54 Å². The lowest BCUT2D eigenvalue weighted by Crippen LogP contribution is -2.42. The molecule has 0 aliphatic heterocycles. The summed E-state index contributed by atoms with van der Waals surface area (Å²) in [7, 11) is 1.81. The molecule has 134 valence electrons. The highest BCUT2D eigenvalue weighted by molar-refractivity contribution is 7.15. The number of nitrogens with zero attached hydrogens (tertiary/aromatic N) is 4. The van der Waals surface area contributed by atoms with E-state index in [9.17, 15) is 0 Å². The number of nitrogens with one attached hydrogen (secondary N) is 2. The quantitative estimate of drug-likeness (QED) is 0.539. The average Bonchev–Trinajstić information content (AvgIpc) is 3.17. The van der Waals surface area contributed by atoms with Crippen LogP contribution in [0, 0.1) is 0 Å². The monoisotopic (exact) mass is 350 g/mol. The molecule has 2 aromatic rings. The van der Waals surface area contributed by atoms with E-state index in [1.165, 1.54) is 6.42 Å². The van der Waals surface area contributed by atoms with Crippen LogP contribution >= 0.6 is 11.3 Å². The maximum Gasteiger partial charge on any atom is 0.193 e. The Kier molecular flexibility index (Phi) is 7.52. The minimum Gasteiger partial charge on any atom is -0.354 e. The van der Waals surface area contributed by atoms with Gasteiger partial charge in [-0.05, 0) is 39.4 Å². The van der Waals surface area contributed by atoms with E-state index in [1.807, 2.05) is 23.0 Å². The van der Waals surface area contributed by atoms with Crippen molar-refractivity contribution in [2.24, 2.45) is 4.99 Å². The molecule has 0 amide bonds. The van der Waals surface area contributed by atoms with Crippen molar-refractivity contribution in [3.8, 4) is 0 Å². The Hall–Kier alpha value is -1.60. The van der Waals surface area contributed by atoms with Gasteiger partial charge in [0.2, 0.25) is 0 Å². The summed E-state index contributed by atoms with van der Waals surface area (Å²) in [5, 5.41) is 8.85. The number of aliphatic imine (C=N–C) groups is 1. The van der Waals surface area contributed by atoms with Crippen molar-refractivity contribution in [3.63, 3.8) is 0 Å². The first-order valence-corrected chi connectivity index (χ1v) is 9.64. The first kappa shape index (κ1) is 18.7. The van der Waals surface area contributed by atoms with Crippen molar-refractivity contribution in [1.29, 1.82) is 0 Å². The highest BCUT2D eigenvalue weighted by Crippen LogP contribution is 2.11. The normalized spacial score (nSPS) is 13.6. The lowest BCUT2D eigenvalue weighted by Gasteiger charge is -2.21. The van der Waals surface area contributed by atoms with Gasteiger partial charge in [-0.1, -0.05) is 13.8 Å². The SMILES string of the molecule is CCN(CC)CCCC(C)NC(=NC)NCc1cn2ccsc2n1. The fraction of sp³-hybridized carbons (Fsp3) is 0.647. The van der Waals surface area contributed by atoms with Gasteiger partial charge in [-0.2, -0.15) is 0 Å². The first-order valence-electron chi connectivity index (χ1n) is 8.76. The summed E-state index contributed by atoms with van der Waals surface area (Å²) in [6.07, 6.45) is 6.42. The molecule has 0 saturated carbocycles. The molecule has 1 unspecified atom stereocenters. The van der Waals surface area contributed by atoms with Crippen LogP contribution in [0.1, 0.15) is 39.3 Å². The van der Waals surface area contributed by atoms with E-state index in [0.717, 1.165) is 42.7 Å². The third-order valence-corrected chi connectivity index (χ3v) is 4.96. The summed E-state index contributed by atoms with van der Waals surface area (Å²) in [6.45, 7) is 10.7. The zero-order valence-corrected chi connectivity index (χ0v) is 16.1. The van der Waals surface area contributed by atoms with Gasteiger partial charge in [0.15, 0.2) is 10.9 Å². The summed E-state index contributed by atoms with van der Waals surface area (Å²) < 4.78 is 2.05.